The van der Waals surface area contributed by atoms with Gasteiger partial charge in [-0.2, -0.15) is 5.26 Å². The van der Waals surface area contributed by atoms with Gasteiger partial charge < -0.3 is 0 Å². The summed E-state index contributed by atoms with van der Waals surface area (Å²) in [5.74, 6) is 0. The highest BCUT2D eigenvalue weighted by atomic mass is 14.7. The molecule has 0 amide bonds. The van der Waals surface area contributed by atoms with Gasteiger partial charge in [-0.1, -0.05) is 42.5 Å². The molecular formula is C20H16N2. The Hall–Kier alpha value is -2.92. The van der Waals surface area contributed by atoms with Crippen molar-refractivity contribution in [3.63, 3.8) is 0 Å². The molecule has 0 aliphatic rings. The van der Waals surface area contributed by atoms with Gasteiger partial charge in [-0.05, 0) is 43.2 Å². The van der Waals surface area contributed by atoms with E-state index in [0.29, 0.717) is 5.56 Å². The topological polar surface area (TPSA) is 36.7 Å². The quantitative estimate of drug-likeness (QED) is 0.655. The summed E-state index contributed by atoms with van der Waals surface area (Å²) in [5.41, 5.74) is 6.72. The van der Waals surface area contributed by atoms with E-state index in [1.54, 1.807) is 0 Å². The highest BCUT2D eigenvalue weighted by molar-refractivity contribution is 5.87. The number of rotatable bonds is 2. The van der Waals surface area contributed by atoms with Crippen LogP contribution in [0, 0.1) is 18.3 Å². The van der Waals surface area contributed by atoms with E-state index in [1.165, 1.54) is 5.56 Å². The molecule has 0 N–H and O–H groups in total. The predicted octanol–water partition coefficient (Wildman–Crippen LogP) is 5.12. The Morgan fingerprint density at radius 1 is 1.14 bits per heavy atom. The average molecular weight is 284 g/mol. The molecule has 0 saturated carbocycles. The Bertz CT molecular complexity index is 930. The zero-order chi connectivity index (χ0) is 15.7. The normalized spacial score (nSPS) is 10.4. The van der Waals surface area contributed by atoms with Gasteiger partial charge in [-0.15, -0.1) is 0 Å². The van der Waals surface area contributed by atoms with E-state index in [4.69, 9.17) is 4.98 Å². The van der Waals surface area contributed by atoms with Crippen molar-refractivity contribution in [1.29, 1.82) is 5.26 Å². The van der Waals surface area contributed by atoms with Crippen molar-refractivity contribution >= 4 is 16.5 Å². The second-order valence-corrected chi connectivity index (χ2v) is 5.49. The molecule has 3 aromatic rings. The molecule has 2 aromatic carbocycles. The van der Waals surface area contributed by atoms with E-state index in [-0.39, 0.29) is 0 Å². The second kappa shape index (κ2) is 5.46. The first-order valence-corrected chi connectivity index (χ1v) is 7.17. The summed E-state index contributed by atoms with van der Waals surface area (Å²) < 4.78 is 0. The van der Waals surface area contributed by atoms with E-state index in [0.717, 1.165) is 33.3 Å². The zero-order valence-electron chi connectivity index (χ0n) is 12.7. The molecule has 0 saturated heterocycles. The van der Waals surface area contributed by atoms with Crippen LogP contribution in [0.2, 0.25) is 0 Å². The third-order valence-electron chi connectivity index (χ3n) is 3.82. The Morgan fingerprint density at radius 2 is 1.91 bits per heavy atom. The highest BCUT2D eigenvalue weighted by Gasteiger charge is 2.08. The lowest BCUT2D eigenvalue weighted by molar-refractivity contribution is 1.35. The molecule has 22 heavy (non-hydrogen) atoms. The molecule has 1 heterocycles. The fraction of sp³-hybridized carbons (Fsp3) is 0.100. The smallest absolute Gasteiger partial charge is 0.0999 e. The maximum absolute atomic E-state index is 9.39. The van der Waals surface area contributed by atoms with Crippen LogP contribution in [0.3, 0.4) is 0 Å². The van der Waals surface area contributed by atoms with E-state index < -0.39 is 0 Å². The van der Waals surface area contributed by atoms with Crippen molar-refractivity contribution in [2.75, 3.05) is 0 Å². The molecule has 2 heteroatoms. The van der Waals surface area contributed by atoms with Gasteiger partial charge in [0.15, 0.2) is 0 Å². The molecule has 0 atom stereocenters. The fourth-order valence-electron chi connectivity index (χ4n) is 2.72. The number of para-hydroxylation sites is 1. The van der Waals surface area contributed by atoms with Crippen molar-refractivity contribution in [3.8, 4) is 17.3 Å². The molecule has 0 bridgehead atoms. The standard InChI is InChI=1S/C20H16N2/c1-13(2)17-9-8-15(10-14(17)3)20-11-16(12-21)18-6-4-5-7-19(18)22-20/h4-11H,1H2,2-3H3. The van der Waals surface area contributed by atoms with Crippen molar-refractivity contribution < 1.29 is 0 Å². The second-order valence-electron chi connectivity index (χ2n) is 5.49. The predicted molar refractivity (Wildman–Crippen MR) is 91.3 cm³/mol. The fourth-order valence-corrected chi connectivity index (χ4v) is 2.72. The molecule has 0 unspecified atom stereocenters. The summed E-state index contributed by atoms with van der Waals surface area (Å²) in [4.78, 5) is 4.70. The Balaban J connectivity index is 2.21. The lowest BCUT2D eigenvalue weighted by Gasteiger charge is -2.09. The van der Waals surface area contributed by atoms with Crippen LogP contribution in [0.5, 0.6) is 0 Å². The minimum Gasteiger partial charge on any atom is -0.248 e. The number of hydrogen-bond acceptors (Lipinski definition) is 2. The van der Waals surface area contributed by atoms with Crippen LogP contribution >= 0.6 is 0 Å². The first-order chi connectivity index (χ1) is 10.6. The molecule has 0 aliphatic carbocycles. The average Bonchev–Trinajstić information content (AvgIpc) is 2.53. The third-order valence-corrected chi connectivity index (χ3v) is 3.82. The SMILES string of the molecule is C=C(C)c1ccc(-c2cc(C#N)c3ccccc3n2)cc1C. The number of hydrogen-bond donors (Lipinski definition) is 0. The highest BCUT2D eigenvalue weighted by Crippen LogP contribution is 2.27. The van der Waals surface area contributed by atoms with Crippen LogP contribution in [-0.2, 0) is 0 Å². The van der Waals surface area contributed by atoms with Gasteiger partial charge >= 0.3 is 0 Å². The zero-order valence-corrected chi connectivity index (χ0v) is 12.7. The summed E-state index contributed by atoms with van der Waals surface area (Å²) in [6, 6.07) is 18.1. The summed E-state index contributed by atoms with van der Waals surface area (Å²) in [6.07, 6.45) is 0. The molecule has 3 rings (SSSR count). The summed E-state index contributed by atoms with van der Waals surface area (Å²) in [7, 11) is 0. The number of aromatic nitrogens is 1. The number of benzene rings is 2. The van der Waals surface area contributed by atoms with Crippen LogP contribution in [0.4, 0.5) is 0 Å². The van der Waals surface area contributed by atoms with Crippen LogP contribution in [-0.4, -0.2) is 4.98 Å². The number of allylic oxidation sites excluding steroid dienone is 1. The monoisotopic (exact) mass is 284 g/mol. The lowest BCUT2D eigenvalue weighted by atomic mass is 9.98. The molecule has 0 aliphatic heterocycles. The van der Waals surface area contributed by atoms with Crippen molar-refractivity contribution in [1.82, 2.24) is 4.98 Å². The van der Waals surface area contributed by atoms with Crippen molar-refractivity contribution in [2.45, 2.75) is 13.8 Å². The Labute approximate surface area is 130 Å². The van der Waals surface area contributed by atoms with Gasteiger partial charge in [0.2, 0.25) is 0 Å². The molecule has 0 spiro atoms. The minimum absolute atomic E-state index is 0.655. The van der Waals surface area contributed by atoms with Gasteiger partial charge in [0.05, 0.1) is 22.8 Å². The molecule has 0 radical (unpaired) electrons. The van der Waals surface area contributed by atoms with E-state index >= 15 is 0 Å². The van der Waals surface area contributed by atoms with E-state index in [2.05, 4.69) is 31.7 Å². The first-order valence-electron chi connectivity index (χ1n) is 7.17. The Morgan fingerprint density at radius 3 is 2.59 bits per heavy atom. The van der Waals surface area contributed by atoms with Gasteiger partial charge in [-0.25, -0.2) is 4.98 Å². The van der Waals surface area contributed by atoms with E-state index in [9.17, 15) is 5.26 Å². The molecule has 2 nitrogen and oxygen atoms in total. The van der Waals surface area contributed by atoms with Gasteiger partial charge in [-0.3, -0.25) is 0 Å². The van der Waals surface area contributed by atoms with E-state index in [1.807, 2.05) is 43.3 Å². The largest absolute Gasteiger partial charge is 0.248 e. The number of nitriles is 1. The minimum atomic E-state index is 0.655. The maximum Gasteiger partial charge on any atom is 0.0999 e. The summed E-state index contributed by atoms with van der Waals surface area (Å²) in [6.45, 7) is 8.07. The maximum atomic E-state index is 9.39. The van der Waals surface area contributed by atoms with Crippen LogP contribution in [0.1, 0.15) is 23.6 Å². The summed E-state index contributed by atoms with van der Waals surface area (Å²) >= 11 is 0. The number of pyridine rings is 1. The van der Waals surface area contributed by atoms with Crippen molar-refractivity contribution in [3.05, 3.63) is 71.8 Å². The van der Waals surface area contributed by atoms with Gasteiger partial charge in [0.25, 0.3) is 0 Å². The van der Waals surface area contributed by atoms with Crippen LogP contribution in [0.15, 0.2) is 55.1 Å². The molecule has 0 fully saturated rings. The van der Waals surface area contributed by atoms with Crippen LogP contribution < -0.4 is 0 Å². The van der Waals surface area contributed by atoms with Crippen molar-refractivity contribution in [2.24, 2.45) is 0 Å². The molecular weight excluding hydrogens is 268 g/mol. The third kappa shape index (κ3) is 2.38. The number of nitrogens with zero attached hydrogens (tertiary/aromatic N) is 2. The first kappa shape index (κ1) is 14.0. The molecule has 1 aromatic heterocycles. The van der Waals surface area contributed by atoms with Gasteiger partial charge in [0.1, 0.15) is 0 Å². The lowest BCUT2D eigenvalue weighted by Crippen LogP contribution is -1.91. The summed E-state index contributed by atoms with van der Waals surface area (Å²) in [5, 5.41) is 10.3. The molecule has 106 valence electrons. The Kier molecular flexibility index (Phi) is 3.48. The van der Waals surface area contributed by atoms with Gasteiger partial charge in [0, 0.05) is 10.9 Å². The number of fused-ring (bicyclic) bond motifs is 1. The number of aryl methyl sites for hydroxylation is 1. The van der Waals surface area contributed by atoms with Crippen LogP contribution in [0.25, 0.3) is 27.7 Å².